The van der Waals surface area contributed by atoms with Crippen LogP contribution in [-0.2, 0) is 16.2 Å². The van der Waals surface area contributed by atoms with E-state index in [2.05, 4.69) is 15.6 Å². The Hall–Kier alpha value is -3.80. The van der Waals surface area contributed by atoms with Crippen molar-refractivity contribution in [2.75, 3.05) is 4.72 Å². The summed E-state index contributed by atoms with van der Waals surface area (Å²) in [6, 6.07) is 9.96. The number of furan rings is 1. The zero-order chi connectivity index (χ0) is 24.4. The van der Waals surface area contributed by atoms with Gasteiger partial charge in [-0.15, -0.1) is 0 Å². The molecule has 0 aliphatic carbocycles. The van der Waals surface area contributed by atoms with E-state index < -0.39 is 33.6 Å². The summed E-state index contributed by atoms with van der Waals surface area (Å²) >= 11 is 0. The number of hydrogen-bond acceptors (Lipinski definition) is 5. The largest absolute Gasteiger partial charge is 0.466 e. The van der Waals surface area contributed by atoms with Crippen molar-refractivity contribution < 1.29 is 35.6 Å². The van der Waals surface area contributed by atoms with Gasteiger partial charge >= 0.3 is 6.18 Å². The standard InChI is InChI=1S/C21H18F3N3O5S/c1-12-9-18(13(2)32-12)20(29)26-25-19(28)14-5-3-8-17(10-14)33(30,31)27-16-7-4-6-15(11-16)21(22,23)24/h3-11,27H,1-2H3,(H,25,28)(H,26,29). The van der Waals surface area contributed by atoms with Crippen LogP contribution in [0.3, 0.4) is 0 Å². The third kappa shape index (κ3) is 5.71. The molecule has 0 aliphatic heterocycles. The monoisotopic (exact) mass is 481 g/mol. The fraction of sp³-hybridized carbons (Fsp3) is 0.143. The number of carbonyl (C=O) groups is 2. The summed E-state index contributed by atoms with van der Waals surface area (Å²) in [7, 11) is -4.31. The van der Waals surface area contributed by atoms with Crippen LogP contribution in [0.5, 0.6) is 0 Å². The molecule has 3 aromatic rings. The minimum atomic E-state index is -4.64. The van der Waals surface area contributed by atoms with E-state index in [1.54, 1.807) is 13.8 Å². The molecule has 0 unspecified atom stereocenters. The van der Waals surface area contributed by atoms with Gasteiger partial charge in [0.25, 0.3) is 21.8 Å². The van der Waals surface area contributed by atoms with Gasteiger partial charge in [0.05, 0.1) is 16.0 Å². The van der Waals surface area contributed by atoms with Gasteiger partial charge in [-0.1, -0.05) is 12.1 Å². The highest BCUT2D eigenvalue weighted by molar-refractivity contribution is 7.92. The molecule has 0 spiro atoms. The third-order valence-electron chi connectivity index (χ3n) is 4.42. The summed E-state index contributed by atoms with van der Waals surface area (Å²) in [5.74, 6) is -0.576. The number of amides is 2. The van der Waals surface area contributed by atoms with Gasteiger partial charge in [0.1, 0.15) is 11.5 Å². The SMILES string of the molecule is Cc1cc(C(=O)NNC(=O)c2cccc(S(=O)(=O)Nc3cccc(C(F)(F)F)c3)c2)c(C)o1. The van der Waals surface area contributed by atoms with E-state index in [0.29, 0.717) is 17.6 Å². The molecule has 0 saturated heterocycles. The van der Waals surface area contributed by atoms with Gasteiger partial charge in [-0.2, -0.15) is 13.2 Å². The molecule has 0 aliphatic rings. The Bertz CT molecular complexity index is 1320. The van der Waals surface area contributed by atoms with Crippen LogP contribution in [0.25, 0.3) is 0 Å². The first-order valence-corrected chi connectivity index (χ1v) is 10.8. The molecular formula is C21H18F3N3O5S. The van der Waals surface area contributed by atoms with Crippen LogP contribution >= 0.6 is 0 Å². The molecule has 0 radical (unpaired) electrons. The highest BCUT2D eigenvalue weighted by Gasteiger charge is 2.30. The van der Waals surface area contributed by atoms with E-state index in [1.165, 1.54) is 30.3 Å². The summed E-state index contributed by atoms with van der Waals surface area (Å²) in [4.78, 5) is 24.2. The molecule has 0 atom stereocenters. The molecule has 0 saturated carbocycles. The molecule has 12 heteroatoms. The molecule has 8 nitrogen and oxygen atoms in total. The van der Waals surface area contributed by atoms with Crippen LogP contribution in [0, 0.1) is 13.8 Å². The quantitative estimate of drug-likeness (QED) is 0.480. The fourth-order valence-electron chi connectivity index (χ4n) is 2.89. The van der Waals surface area contributed by atoms with Crippen LogP contribution in [0.2, 0.25) is 0 Å². The van der Waals surface area contributed by atoms with Crippen molar-refractivity contribution in [3.63, 3.8) is 0 Å². The Morgan fingerprint density at radius 3 is 2.21 bits per heavy atom. The first kappa shape index (κ1) is 23.9. The summed E-state index contributed by atoms with van der Waals surface area (Å²) in [5.41, 5.74) is 3.16. The average Bonchev–Trinajstić information content (AvgIpc) is 3.09. The van der Waals surface area contributed by atoms with Crippen molar-refractivity contribution in [1.29, 1.82) is 0 Å². The molecule has 174 valence electrons. The second-order valence-electron chi connectivity index (χ2n) is 6.95. The van der Waals surface area contributed by atoms with Crippen LogP contribution < -0.4 is 15.6 Å². The lowest BCUT2D eigenvalue weighted by molar-refractivity contribution is -0.137. The summed E-state index contributed by atoms with van der Waals surface area (Å²) in [5, 5.41) is 0. The first-order valence-electron chi connectivity index (χ1n) is 9.35. The number of rotatable bonds is 5. The van der Waals surface area contributed by atoms with Gasteiger partial charge in [0, 0.05) is 11.3 Å². The minimum absolute atomic E-state index is 0.109. The Kier molecular flexibility index (Phi) is 6.49. The zero-order valence-corrected chi connectivity index (χ0v) is 18.1. The molecule has 1 aromatic heterocycles. The number of hydrogen-bond donors (Lipinski definition) is 3. The molecule has 2 aromatic carbocycles. The maximum Gasteiger partial charge on any atom is 0.416 e. The Morgan fingerprint density at radius 1 is 0.909 bits per heavy atom. The number of nitrogens with one attached hydrogen (secondary N) is 3. The Labute approximate surface area is 186 Å². The number of sulfonamides is 1. The number of benzene rings is 2. The predicted molar refractivity (Wildman–Crippen MR) is 112 cm³/mol. The van der Waals surface area contributed by atoms with Crippen molar-refractivity contribution in [3.05, 3.63) is 82.8 Å². The van der Waals surface area contributed by atoms with Crippen LogP contribution in [0.4, 0.5) is 18.9 Å². The third-order valence-corrected chi connectivity index (χ3v) is 5.80. The van der Waals surface area contributed by atoms with Crippen molar-refractivity contribution in [1.82, 2.24) is 10.9 Å². The topological polar surface area (TPSA) is 118 Å². The summed E-state index contributed by atoms with van der Waals surface area (Å²) in [6.07, 6.45) is -4.64. The van der Waals surface area contributed by atoms with Crippen molar-refractivity contribution >= 4 is 27.5 Å². The summed E-state index contributed by atoms with van der Waals surface area (Å²) < 4.78 is 71.2. The first-order chi connectivity index (χ1) is 15.4. The normalized spacial score (nSPS) is 11.7. The average molecular weight is 481 g/mol. The molecule has 0 fully saturated rings. The maximum atomic E-state index is 12.9. The lowest BCUT2D eigenvalue weighted by Gasteiger charge is -2.12. The Morgan fingerprint density at radius 2 is 1.58 bits per heavy atom. The fourth-order valence-corrected chi connectivity index (χ4v) is 3.98. The molecule has 1 heterocycles. The van der Waals surface area contributed by atoms with Gasteiger partial charge in [0.15, 0.2) is 0 Å². The highest BCUT2D eigenvalue weighted by Crippen LogP contribution is 2.31. The van der Waals surface area contributed by atoms with E-state index >= 15 is 0 Å². The number of anilines is 1. The second-order valence-corrected chi connectivity index (χ2v) is 8.63. The highest BCUT2D eigenvalue weighted by atomic mass is 32.2. The number of alkyl halides is 3. The van der Waals surface area contributed by atoms with Gasteiger partial charge in [-0.3, -0.25) is 25.2 Å². The van der Waals surface area contributed by atoms with Crippen molar-refractivity contribution in [2.45, 2.75) is 24.9 Å². The molecule has 33 heavy (non-hydrogen) atoms. The lowest BCUT2D eigenvalue weighted by atomic mass is 10.2. The number of carbonyl (C=O) groups excluding carboxylic acids is 2. The minimum Gasteiger partial charge on any atom is -0.466 e. The van der Waals surface area contributed by atoms with E-state index in [1.807, 2.05) is 0 Å². The van der Waals surface area contributed by atoms with Gasteiger partial charge in [0.2, 0.25) is 0 Å². The van der Waals surface area contributed by atoms with Gasteiger partial charge in [-0.25, -0.2) is 8.42 Å². The van der Waals surface area contributed by atoms with E-state index in [9.17, 15) is 31.2 Å². The van der Waals surface area contributed by atoms with Crippen LogP contribution in [0.15, 0.2) is 63.9 Å². The van der Waals surface area contributed by atoms with Gasteiger partial charge in [-0.05, 0) is 56.3 Å². The maximum absolute atomic E-state index is 12.9. The lowest BCUT2D eigenvalue weighted by Crippen LogP contribution is -2.41. The summed E-state index contributed by atoms with van der Waals surface area (Å²) in [6.45, 7) is 3.23. The van der Waals surface area contributed by atoms with Crippen LogP contribution in [0.1, 0.15) is 37.8 Å². The second kappa shape index (κ2) is 8.98. The Balaban J connectivity index is 1.73. The molecule has 2 amide bonds. The van der Waals surface area contributed by atoms with E-state index in [-0.39, 0.29) is 21.7 Å². The van der Waals surface area contributed by atoms with Crippen LogP contribution in [-0.4, -0.2) is 20.2 Å². The smallest absolute Gasteiger partial charge is 0.416 e. The zero-order valence-electron chi connectivity index (χ0n) is 17.3. The van der Waals surface area contributed by atoms with Crippen molar-refractivity contribution in [3.8, 4) is 0 Å². The number of hydrazine groups is 1. The predicted octanol–water partition coefficient (Wildman–Crippen LogP) is 3.79. The van der Waals surface area contributed by atoms with E-state index in [4.69, 9.17) is 4.42 Å². The number of halogens is 3. The van der Waals surface area contributed by atoms with Gasteiger partial charge < -0.3 is 4.42 Å². The number of aryl methyl sites for hydroxylation is 2. The molecule has 3 rings (SSSR count). The van der Waals surface area contributed by atoms with E-state index in [0.717, 1.165) is 18.2 Å². The molecular weight excluding hydrogens is 463 g/mol. The van der Waals surface area contributed by atoms with Crippen molar-refractivity contribution in [2.24, 2.45) is 0 Å². The molecule has 0 bridgehead atoms. The molecule has 3 N–H and O–H groups in total.